The number of halogens is 2. The Labute approximate surface area is 119 Å². The minimum absolute atomic E-state index is 0.0347. The van der Waals surface area contributed by atoms with Crippen molar-refractivity contribution in [1.82, 2.24) is 0 Å². The molecule has 0 bridgehead atoms. The Morgan fingerprint density at radius 1 is 1.29 bits per heavy atom. The Hall–Kier alpha value is -2.70. The van der Waals surface area contributed by atoms with Gasteiger partial charge in [0.05, 0.1) is 4.92 Å². The summed E-state index contributed by atoms with van der Waals surface area (Å²) < 4.78 is 31.6. The van der Waals surface area contributed by atoms with E-state index in [1.807, 2.05) is 0 Å². The molecule has 0 aliphatic carbocycles. The molecule has 0 amide bonds. The lowest BCUT2D eigenvalue weighted by atomic mass is 10.2. The summed E-state index contributed by atoms with van der Waals surface area (Å²) in [6, 6.07) is 7.98. The van der Waals surface area contributed by atoms with Crippen molar-refractivity contribution in [3.05, 3.63) is 63.7 Å². The third-order valence-electron chi connectivity index (χ3n) is 2.84. The Bertz CT molecular complexity index is 677. The van der Waals surface area contributed by atoms with Crippen LogP contribution in [0.5, 0.6) is 5.75 Å². The molecule has 0 unspecified atom stereocenters. The van der Waals surface area contributed by atoms with Crippen LogP contribution < -0.4 is 10.1 Å². The van der Waals surface area contributed by atoms with Gasteiger partial charge in [0.25, 0.3) is 5.69 Å². The van der Waals surface area contributed by atoms with Gasteiger partial charge in [-0.1, -0.05) is 6.07 Å². The number of anilines is 1. The molecule has 0 atom stereocenters. The molecule has 1 N–H and O–H groups in total. The second-order valence-electron chi connectivity index (χ2n) is 4.20. The molecule has 2 rings (SSSR count). The largest absolute Gasteiger partial charge is 0.486 e. The van der Waals surface area contributed by atoms with Crippen molar-refractivity contribution in [2.45, 2.75) is 6.61 Å². The van der Waals surface area contributed by atoms with Crippen LogP contribution in [-0.2, 0) is 6.61 Å². The van der Waals surface area contributed by atoms with E-state index in [-0.39, 0.29) is 18.0 Å². The molecule has 7 heteroatoms. The minimum Gasteiger partial charge on any atom is -0.486 e. The van der Waals surface area contributed by atoms with Crippen LogP contribution in [0, 0.1) is 21.7 Å². The summed E-state index contributed by atoms with van der Waals surface area (Å²) >= 11 is 0. The van der Waals surface area contributed by atoms with Crippen LogP contribution >= 0.6 is 0 Å². The molecule has 0 spiro atoms. The molecule has 0 aliphatic heterocycles. The summed E-state index contributed by atoms with van der Waals surface area (Å²) in [4.78, 5) is 10.3. The van der Waals surface area contributed by atoms with Crippen LogP contribution in [0.15, 0.2) is 36.4 Å². The maximum absolute atomic E-state index is 13.4. The molecule has 0 fully saturated rings. The van der Waals surface area contributed by atoms with Crippen LogP contribution in [-0.4, -0.2) is 12.0 Å². The molecule has 2 aromatic carbocycles. The van der Waals surface area contributed by atoms with Gasteiger partial charge in [-0.15, -0.1) is 0 Å². The number of hydrogen-bond acceptors (Lipinski definition) is 4. The number of hydrogen-bond donors (Lipinski definition) is 1. The topological polar surface area (TPSA) is 64.4 Å². The fraction of sp³-hybridized carbons (Fsp3) is 0.143. The van der Waals surface area contributed by atoms with Crippen LogP contribution in [0.2, 0.25) is 0 Å². The van der Waals surface area contributed by atoms with Gasteiger partial charge in [-0.25, -0.2) is 4.39 Å². The average Bonchev–Trinajstić information content (AvgIpc) is 2.48. The van der Waals surface area contributed by atoms with E-state index in [9.17, 15) is 18.9 Å². The van der Waals surface area contributed by atoms with E-state index < -0.39 is 16.6 Å². The van der Waals surface area contributed by atoms with E-state index in [2.05, 4.69) is 5.32 Å². The molecular formula is C14H12F2N2O3. The lowest BCUT2D eigenvalue weighted by molar-refractivity contribution is -0.384. The lowest BCUT2D eigenvalue weighted by Gasteiger charge is -2.09. The van der Waals surface area contributed by atoms with Gasteiger partial charge < -0.3 is 10.1 Å². The maximum atomic E-state index is 13.4. The number of benzene rings is 2. The summed E-state index contributed by atoms with van der Waals surface area (Å²) in [7, 11) is 1.55. The van der Waals surface area contributed by atoms with Gasteiger partial charge in [0.1, 0.15) is 12.3 Å². The van der Waals surface area contributed by atoms with Crippen molar-refractivity contribution >= 4 is 11.4 Å². The van der Waals surface area contributed by atoms with Gasteiger partial charge in [0, 0.05) is 13.1 Å². The van der Waals surface area contributed by atoms with Gasteiger partial charge >= 0.3 is 0 Å². The summed E-state index contributed by atoms with van der Waals surface area (Å²) in [5.41, 5.74) is 0.840. The Morgan fingerprint density at radius 3 is 2.71 bits per heavy atom. The van der Waals surface area contributed by atoms with E-state index in [0.29, 0.717) is 11.3 Å². The Kier molecular flexibility index (Phi) is 4.32. The highest BCUT2D eigenvalue weighted by molar-refractivity contribution is 5.62. The summed E-state index contributed by atoms with van der Waals surface area (Å²) in [6.07, 6.45) is 0. The van der Waals surface area contributed by atoms with Gasteiger partial charge in [-0.2, -0.15) is 4.39 Å². The third kappa shape index (κ3) is 3.25. The molecular weight excluding hydrogens is 282 g/mol. The first-order valence-corrected chi connectivity index (χ1v) is 6.05. The lowest BCUT2D eigenvalue weighted by Crippen LogP contribution is -2.01. The van der Waals surface area contributed by atoms with Crippen molar-refractivity contribution in [2.24, 2.45) is 0 Å². The molecule has 110 valence electrons. The van der Waals surface area contributed by atoms with E-state index >= 15 is 0 Å². The summed E-state index contributed by atoms with van der Waals surface area (Å²) in [5, 5.41) is 13.5. The number of nitrogens with zero attached hydrogens (tertiary/aromatic N) is 1. The van der Waals surface area contributed by atoms with Crippen LogP contribution in [0.4, 0.5) is 20.2 Å². The predicted molar refractivity (Wildman–Crippen MR) is 73.3 cm³/mol. The standard InChI is InChI=1S/C14H12F2N2O3/c1-17-11-7-9(5-6-12(11)18(19)20)8-21-13-4-2-3-10(15)14(13)16/h2-7,17H,8H2,1H3. The first-order valence-electron chi connectivity index (χ1n) is 6.05. The van der Waals surface area contributed by atoms with E-state index in [0.717, 1.165) is 6.07 Å². The second kappa shape index (κ2) is 6.17. The Balaban J connectivity index is 2.17. The molecule has 0 aliphatic rings. The zero-order valence-corrected chi connectivity index (χ0v) is 11.1. The molecule has 21 heavy (non-hydrogen) atoms. The molecule has 0 aromatic heterocycles. The van der Waals surface area contributed by atoms with E-state index in [1.165, 1.54) is 30.3 Å². The zero-order valence-electron chi connectivity index (χ0n) is 11.1. The molecule has 0 radical (unpaired) electrons. The first-order chi connectivity index (χ1) is 10.0. The highest BCUT2D eigenvalue weighted by Crippen LogP contribution is 2.26. The fourth-order valence-electron chi connectivity index (χ4n) is 1.79. The smallest absolute Gasteiger partial charge is 0.292 e. The van der Waals surface area contributed by atoms with Gasteiger partial charge in [-0.05, 0) is 29.8 Å². The fourth-order valence-corrected chi connectivity index (χ4v) is 1.79. The van der Waals surface area contributed by atoms with Gasteiger partial charge in [-0.3, -0.25) is 10.1 Å². The van der Waals surface area contributed by atoms with Crippen molar-refractivity contribution < 1.29 is 18.4 Å². The molecule has 0 saturated carbocycles. The van der Waals surface area contributed by atoms with Crippen molar-refractivity contribution in [2.75, 3.05) is 12.4 Å². The number of rotatable bonds is 5. The quantitative estimate of drug-likeness (QED) is 0.677. The molecule has 5 nitrogen and oxygen atoms in total. The SMILES string of the molecule is CNc1cc(COc2cccc(F)c2F)ccc1[N+](=O)[O-]. The van der Waals surface area contributed by atoms with E-state index in [1.54, 1.807) is 7.05 Å². The minimum atomic E-state index is -1.06. The number of nitrogens with one attached hydrogen (secondary N) is 1. The van der Waals surface area contributed by atoms with Gasteiger partial charge in [0.2, 0.25) is 5.82 Å². The highest BCUT2D eigenvalue weighted by Gasteiger charge is 2.14. The van der Waals surface area contributed by atoms with Crippen molar-refractivity contribution in [1.29, 1.82) is 0 Å². The van der Waals surface area contributed by atoms with Crippen LogP contribution in [0.1, 0.15) is 5.56 Å². The monoisotopic (exact) mass is 294 g/mol. The third-order valence-corrected chi connectivity index (χ3v) is 2.84. The van der Waals surface area contributed by atoms with E-state index in [4.69, 9.17) is 4.74 Å². The highest BCUT2D eigenvalue weighted by atomic mass is 19.2. The summed E-state index contributed by atoms with van der Waals surface area (Å²) in [6.45, 7) is -0.0347. The van der Waals surface area contributed by atoms with Crippen LogP contribution in [0.25, 0.3) is 0 Å². The number of nitro groups is 1. The van der Waals surface area contributed by atoms with Crippen molar-refractivity contribution in [3.63, 3.8) is 0 Å². The Morgan fingerprint density at radius 2 is 2.05 bits per heavy atom. The first kappa shape index (κ1) is 14.7. The molecule has 0 heterocycles. The number of nitro benzene ring substituents is 1. The maximum Gasteiger partial charge on any atom is 0.292 e. The normalized spacial score (nSPS) is 10.2. The van der Waals surface area contributed by atoms with Gasteiger partial charge in [0.15, 0.2) is 11.6 Å². The molecule has 2 aromatic rings. The number of ether oxygens (including phenoxy) is 1. The summed E-state index contributed by atoms with van der Waals surface area (Å²) in [5.74, 6) is -2.26. The van der Waals surface area contributed by atoms with Crippen LogP contribution in [0.3, 0.4) is 0 Å². The predicted octanol–water partition coefficient (Wildman–Crippen LogP) is 3.49. The molecule has 0 saturated heterocycles. The average molecular weight is 294 g/mol. The second-order valence-corrected chi connectivity index (χ2v) is 4.20. The van der Waals surface area contributed by atoms with Crippen molar-refractivity contribution in [3.8, 4) is 5.75 Å². The zero-order chi connectivity index (χ0) is 15.4.